The molecule has 0 rings (SSSR count). The monoisotopic (exact) mass is 233 g/mol. The van der Waals surface area contributed by atoms with Crippen LogP contribution in [-0.2, 0) is 9.59 Å². The van der Waals surface area contributed by atoms with E-state index in [2.05, 4.69) is 5.32 Å². The maximum atomic E-state index is 11.0. The fraction of sp³-hybridized carbons (Fsp3) is 0.625. The van der Waals surface area contributed by atoms with Gasteiger partial charge in [-0.2, -0.15) is 0 Å². The molecule has 0 bridgehead atoms. The van der Waals surface area contributed by atoms with E-state index in [-0.39, 0.29) is 13.0 Å². The van der Waals surface area contributed by atoms with Crippen LogP contribution >= 0.6 is 0 Å². The maximum absolute atomic E-state index is 11.0. The first kappa shape index (κ1) is 14.2. The number of nitrogens with one attached hydrogen (secondary N) is 2. The summed E-state index contributed by atoms with van der Waals surface area (Å²) in [5.74, 6) is -1.80. The van der Waals surface area contributed by atoms with E-state index in [9.17, 15) is 14.4 Å². The molecule has 0 spiro atoms. The number of aliphatic carboxylic acids is 1. The Kier molecular flexibility index (Phi) is 6.61. The molecule has 0 aromatic rings. The van der Waals surface area contributed by atoms with Crippen molar-refractivity contribution < 1.29 is 24.6 Å². The highest BCUT2D eigenvalue weighted by Gasteiger charge is 2.17. The SMILES string of the molecule is NC(=O)CCCNC(=O)NC(CO)C(=O)O. The van der Waals surface area contributed by atoms with E-state index < -0.39 is 30.6 Å². The first-order valence-electron chi connectivity index (χ1n) is 4.63. The van der Waals surface area contributed by atoms with Gasteiger partial charge in [-0.15, -0.1) is 0 Å². The Hall–Kier alpha value is -1.83. The lowest BCUT2D eigenvalue weighted by molar-refractivity contribution is -0.140. The van der Waals surface area contributed by atoms with Crippen LogP contribution in [0.1, 0.15) is 12.8 Å². The first-order valence-corrected chi connectivity index (χ1v) is 4.63. The van der Waals surface area contributed by atoms with Crippen LogP contribution in [-0.4, -0.2) is 47.3 Å². The average Bonchev–Trinajstić information content (AvgIpc) is 2.20. The standard InChI is InChI=1S/C8H15N3O5/c9-6(13)2-1-3-10-8(16)11-5(4-12)7(14)15/h5,12H,1-4H2,(H2,9,13)(H,14,15)(H2,10,11,16). The van der Waals surface area contributed by atoms with Crippen molar-refractivity contribution in [2.75, 3.05) is 13.2 Å². The number of carboxylic acid groups (broad SMARTS) is 1. The van der Waals surface area contributed by atoms with Crippen LogP contribution in [0.5, 0.6) is 0 Å². The largest absolute Gasteiger partial charge is 0.480 e. The Morgan fingerprint density at radius 3 is 2.38 bits per heavy atom. The summed E-state index contributed by atoms with van der Waals surface area (Å²) in [5.41, 5.74) is 4.87. The molecule has 3 amide bonds. The van der Waals surface area contributed by atoms with E-state index in [1.807, 2.05) is 5.32 Å². The average molecular weight is 233 g/mol. The zero-order valence-electron chi connectivity index (χ0n) is 8.60. The lowest BCUT2D eigenvalue weighted by Gasteiger charge is -2.12. The molecule has 0 radical (unpaired) electrons. The van der Waals surface area contributed by atoms with Crippen molar-refractivity contribution in [1.82, 2.24) is 10.6 Å². The zero-order chi connectivity index (χ0) is 12.6. The van der Waals surface area contributed by atoms with Gasteiger partial charge in [-0.05, 0) is 6.42 Å². The quantitative estimate of drug-likeness (QED) is 0.323. The molecule has 0 aliphatic carbocycles. The Balaban J connectivity index is 3.73. The minimum absolute atomic E-state index is 0.142. The van der Waals surface area contributed by atoms with Gasteiger partial charge < -0.3 is 26.6 Å². The normalized spacial score (nSPS) is 11.6. The summed E-state index contributed by atoms with van der Waals surface area (Å²) in [6.45, 7) is -0.490. The molecule has 1 atom stereocenters. The summed E-state index contributed by atoms with van der Waals surface area (Å²) in [5, 5.41) is 21.5. The van der Waals surface area contributed by atoms with Crippen molar-refractivity contribution >= 4 is 17.9 Å². The van der Waals surface area contributed by atoms with E-state index >= 15 is 0 Å². The Morgan fingerprint density at radius 2 is 1.94 bits per heavy atom. The van der Waals surface area contributed by atoms with E-state index in [4.69, 9.17) is 15.9 Å². The van der Waals surface area contributed by atoms with Gasteiger partial charge in [0.25, 0.3) is 0 Å². The van der Waals surface area contributed by atoms with Gasteiger partial charge >= 0.3 is 12.0 Å². The Labute approximate surface area is 91.8 Å². The molecule has 8 heteroatoms. The third kappa shape index (κ3) is 6.60. The third-order valence-electron chi connectivity index (χ3n) is 1.67. The number of carbonyl (C=O) groups excluding carboxylic acids is 2. The molecule has 0 aliphatic heterocycles. The molecule has 0 saturated heterocycles. The minimum atomic E-state index is -1.34. The number of carboxylic acids is 1. The van der Waals surface area contributed by atoms with Gasteiger partial charge in [-0.1, -0.05) is 0 Å². The number of hydrogen-bond donors (Lipinski definition) is 5. The van der Waals surface area contributed by atoms with E-state index in [1.54, 1.807) is 0 Å². The molecule has 92 valence electrons. The zero-order valence-corrected chi connectivity index (χ0v) is 8.60. The predicted octanol–water partition coefficient (Wildman–Crippen LogP) is -2.00. The molecular weight excluding hydrogens is 218 g/mol. The third-order valence-corrected chi connectivity index (χ3v) is 1.67. The molecule has 0 aromatic heterocycles. The van der Waals surface area contributed by atoms with Crippen LogP contribution in [0.2, 0.25) is 0 Å². The molecule has 0 aliphatic rings. The molecule has 1 unspecified atom stereocenters. The van der Waals surface area contributed by atoms with E-state index in [1.165, 1.54) is 0 Å². The van der Waals surface area contributed by atoms with Crippen molar-refractivity contribution in [2.24, 2.45) is 5.73 Å². The number of aliphatic hydroxyl groups is 1. The highest BCUT2D eigenvalue weighted by molar-refractivity contribution is 5.82. The van der Waals surface area contributed by atoms with Crippen molar-refractivity contribution in [3.8, 4) is 0 Å². The second-order valence-electron chi connectivity index (χ2n) is 3.04. The van der Waals surface area contributed by atoms with Gasteiger partial charge in [0.15, 0.2) is 6.04 Å². The van der Waals surface area contributed by atoms with Crippen LogP contribution < -0.4 is 16.4 Å². The van der Waals surface area contributed by atoms with Crippen molar-refractivity contribution in [1.29, 1.82) is 0 Å². The topological polar surface area (TPSA) is 142 Å². The van der Waals surface area contributed by atoms with E-state index in [0.717, 1.165) is 0 Å². The summed E-state index contributed by atoms with van der Waals surface area (Å²) in [7, 11) is 0. The maximum Gasteiger partial charge on any atom is 0.328 e. The van der Waals surface area contributed by atoms with Crippen molar-refractivity contribution in [3.05, 3.63) is 0 Å². The minimum Gasteiger partial charge on any atom is -0.480 e. The number of aliphatic hydroxyl groups excluding tert-OH is 1. The van der Waals surface area contributed by atoms with Gasteiger partial charge in [0.2, 0.25) is 5.91 Å². The fourth-order valence-electron chi connectivity index (χ4n) is 0.859. The number of amides is 3. The number of carbonyl (C=O) groups is 3. The second kappa shape index (κ2) is 7.46. The van der Waals surface area contributed by atoms with Gasteiger partial charge in [-0.25, -0.2) is 9.59 Å². The number of rotatable bonds is 7. The van der Waals surface area contributed by atoms with E-state index in [0.29, 0.717) is 6.42 Å². The Morgan fingerprint density at radius 1 is 1.31 bits per heavy atom. The summed E-state index contributed by atoms with van der Waals surface area (Å²) in [6, 6.07) is -2.05. The van der Waals surface area contributed by atoms with Gasteiger partial charge in [0, 0.05) is 13.0 Å². The summed E-state index contributed by atoms with van der Waals surface area (Å²) in [6.07, 6.45) is 0.516. The van der Waals surface area contributed by atoms with Crippen molar-refractivity contribution in [2.45, 2.75) is 18.9 Å². The smallest absolute Gasteiger partial charge is 0.328 e. The highest BCUT2D eigenvalue weighted by atomic mass is 16.4. The van der Waals surface area contributed by atoms with Crippen LogP contribution in [0.25, 0.3) is 0 Å². The van der Waals surface area contributed by atoms with Crippen LogP contribution in [0, 0.1) is 0 Å². The van der Waals surface area contributed by atoms with Gasteiger partial charge in [-0.3, -0.25) is 4.79 Å². The predicted molar refractivity (Wildman–Crippen MR) is 53.5 cm³/mol. The molecular formula is C8H15N3O5. The lowest BCUT2D eigenvalue weighted by atomic mass is 10.3. The molecule has 0 heterocycles. The van der Waals surface area contributed by atoms with Gasteiger partial charge in [0.05, 0.1) is 6.61 Å². The van der Waals surface area contributed by atoms with Crippen LogP contribution in [0.4, 0.5) is 4.79 Å². The number of primary amides is 1. The number of hydrogen-bond acceptors (Lipinski definition) is 4. The first-order chi connectivity index (χ1) is 7.47. The summed E-state index contributed by atoms with van der Waals surface area (Å²) in [4.78, 5) is 31.8. The van der Waals surface area contributed by atoms with Crippen LogP contribution in [0.15, 0.2) is 0 Å². The summed E-state index contributed by atoms with van der Waals surface area (Å²) < 4.78 is 0. The highest BCUT2D eigenvalue weighted by Crippen LogP contribution is 1.86. The lowest BCUT2D eigenvalue weighted by Crippen LogP contribution is -2.48. The Bertz CT molecular complexity index is 268. The fourth-order valence-corrected chi connectivity index (χ4v) is 0.859. The van der Waals surface area contributed by atoms with Crippen LogP contribution in [0.3, 0.4) is 0 Å². The number of urea groups is 1. The number of nitrogens with two attached hydrogens (primary N) is 1. The molecule has 6 N–H and O–H groups in total. The molecule has 0 fully saturated rings. The van der Waals surface area contributed by atoms with Gasteiger partial charge in [0.1, 0.15) is 0 Å². The molecule has 8 nitrogen and oxygen atoms in total. The van der Waals surface area contributed by atoms with Crippen molar-refractivity contribution in [3.63, 3.8) is 0 Å². The molecule has 16 heavy (non-hydrogen) atoms. The molecule has 0 aromatic carbocycles. The molecule has 0 saturated carbocycles. The summed E-state index contributed by atoms with van der Waals surface area (Å²) >= 11 is 0. The second-order valence-corrected chi connectivity index (χ2v) is 3.04.